The molecule has 0 bridgehead atoms. The summed E-state index contributed by atoms with van der Waals surface area (Å²) in [5.74, 6) is -2.42. The van der Waals surface area contributed by atoms with Gasteiger partial charge in [-0.1, -0.05) is 15.9 Å². The van der Waals surface area contributed by atoms with Crippen LogP contribution in [0.15, 0.2) is 41.1 Å². The molecule has 0 radical (unpaired) electrons. The van der Waals surface area contributed by atoms with E-state index in [-0.39, 0.29) is 11.0 Å². The van der Waals surface area contributed by atoms with Gasteiger partial charge < -0.3 is 4.90 Å². The molecule has 1 amide bonds. The Morgan fingerprint density at radius 1 is 1.24 bits per heavy atom. The van der Waals surface area contributed by atoms with E-state index < -0.39 is 23.1 Å². The number of nitrogens with zero attached hydrogens (tertiary/aromatic N) is 2. The Morgan fingerprint density at radius 3 is 2.33 bits per heavy atom. The van der Waals surface area contributed by atoms with Crippen LogP contribution in [-0.4, -0.2) is 22.3 Å². The molecule has 0 atom stereocenters. The fraction of sp³-hybridized carbons (Fsp3) is 0.200. The van der Waals surface area contributed by atoms with Crippen LogP contribution in [-0.2, 0) is 6.54 Å². The summed E-state index contributed by atoms with van der Waals surface area (Å²) < 4.78 is 28.0. The van der Waals surface area contributed by atoms with Crippen LogP contribution in [0.5, 0.6) is 0 Å². The molecule has 0 fully saturated rings. The van der Waals surface area contributed by atoms with Gasteiger partial charge in [-0.15, -0.1) is 0 Å². The Bertz CT molecular complexity index is 626. The third kappa shape index (κ3) is 3.64. The number of benzene rings is 1. The number of carbonyl (C=O) groups is 1. The molecule has 1 heterocycles. The van der Waals surface area contributed by atoms with Gasteiger partial charge in [-0.25, -0.2) is 8.78 Å². The van der Waals surface area contributed by atoms with Crippen LogP contribution in [0.25, 0.3) is 0 Å². The van der Waals surface area contributed by atoms with Gasteiger partial charge in [-0.3, -0.25) is 9.78 Å². The number of pyridine rings is 1. The number of hydrogen-bond acceptors (Lipinski definition) is 2. The lowest BCUT2D eigenvalue weighted by molar-refractivity contribution is 0.0742. The van der Waals surface area contributed by atoms with Gasteiger partial charge in [-0.05, 0) is 36.8 Å². The van der Waals surface area contributed by atoms with Gasteiger partial charge in [0, 0.05) is 30.0 Å². The van der Waals surface area contributed by atoms with E-state index in [0.717, 1.165) is 17.7 Å². The lowest BCUT2D eigenvalue weighted by atomic mass is 10.1. The van der Waals surface area contributed by atoms with E-state index in [0.29, 0.717) is 6.54 Å². The van der Waals surface area contributed by atoms with E-state index in [1.807, 2.05) is 0 Å². The van der Waals surface area contributed by atoms with E-state index in [1.165, 1.54) is 4.90 Å². The van der Waals surface area contributed by atoms with Crippen LogP contribution < -0.4 is 0 Å². The molecule has 0 saturated carbocycles. The Balaban J connectivity index is 2.29. The van der Waals surface area contributed by atoms with Gasteiger partial charge >= 0.3 is 0 Å². The minimum Gasteiger partial charge on any atom is -0.334 e. The van der Waals surface area contributed by atoms with Gasteiger partial charge in [0.05, 0.1) is 0 Å². The smallest absolute Gasteiger partial charge is 0.260 e. The molecular formula is C15H13BrF2N2O. The first-order valence-corrected chi connectivity index (χ1v) is 7.15. The van der Waals surface area contributed by atoms with Crippen molar-refractivity contribution in [2.24, 2.45) is 0 Å². The quantitative estimate of drug-likeness (QED) is 0.836. The predicted molar refractivity (Wildman–Crippen MR) is 78.7 cm³/mol. The lowest BCUT2D eigenvalue weighted by Gasteiger charge is -2.21. The summed E-state index contributed by atoms with van der Waals surface area (Å²) in [6.45, 7) is 2.37. The summed E-state index contributed by atoms with van der Waals surface area (Å²) in [7, 11) is 0. The predicted octanol–water partition coefficient (Wildman–Crippen LogP) is 3.78. The zero-order chi connectivity index (χ0) is 15.4. The summed E-state index contributed by atoms with van der Waals surface area (Å²) >= 11 is 2.99. The minimum absolute atomic E-state index is 0.256. The highest BCUT2D eigenvalue weighted by molar-refractivity contribution is 9.10. The molecule has 0 unspecified atom stereocenters. The first-order valence-electron chi connectivity index (χ1n) is 6.35. The summed E-state index contributed by atoms with van der Waals surface area (Å²) in [6, 6.07) is 5.67. The first-order chi connectivity index (χ1) is 10.0. The van der Waals surface area contributed by atoms with Crippen molar-refractivity contribution in [3.63, 3.8) is 0 Å². The molecule has 0 aliphatic rings. The molecule has 2 aromatic rings. The second-order valence-corrected chi connectivity index (χ2v) is 5.33. The van der Waals surface area contributed by atoms with Crippen molar-refractivity contribution in [1.29, 1.82) is 0 Å². The topological polar surface area (TPSA) is 33.2 Å². The standard InChI is InChI=1S/C15H13BrF2N2O/c1-2-20(9-10-3-5-19-6-4-10)15(21)14-12(17)7-11(16)8-13(14)18/h3-8H,2,9H2,1H3. The summed E-state index contributed by atoms with van der Waals surface area (Å²) in [5, 5.41) is 0. The van der Waals surface area contributed by atoms with Crippen molar-refractivity contribution in [3.05, 3.63) is 63.9 Å². The van der Waals surface area contributed by atoms with Crippen LogP contribution in [0, 0.1) is 11.6 Å². The molecule has 0 N–H and O–H groups in total. The zero-order valence-corrected chi connectivity index (χ0v) is 12.9. The van der Waals surface area contributed by atoms with Gasteiger partial charge in [0.25, 0.3) is 5.91 Å². The van der Waals surface area contributed by atoms with Gasteiger partial charge in [0.15, 0.2) is 0 Å². The number of aromatic nitrogens is 1. The molecule has 110 valence electrons. The van der Waals surface area contributed by atoms with Crippen molar-refractivity contribution < 1.29 is 13.6 Å². The van der Waals surface area contributed by atoms with Crippen LogP contribution >= 0.6 is 15.9 Å². The lowest BCUT2D eigenvalue weighted by Crippen LogP contribution is -2.31. The Labute approximate surface area is 129 Å². The van der Waals surface area contributed by atoms with Gasteiger partial charge in [0.2, 0.25) is 0 Å². The van der Waals surface area contributed by atoms with Crippen molar-refractivity contribution in [1.82, 2.24) is 9.88 Å². The highest BCUT2D eigenvalue weighted by Gasteiger charge is 2.23. The van der Waals surface area contributed by atoms with Crippen LogP contribution in [0.4, 0.5) is 8.78 Å². The number of carbonyl (C=O) groups excluding carboxylic acids is 1. The fourth-order valence-electron chi connectivity index (χ4n) is 1.94. The van der Waals surface area contributed by atoms with Crippen molar-refractivity contribution >= 4 is 21.8 Å². The monoisotopic (exact) mass is 354 g/mol. The number of rotatable bonds is 4. The molecule has 2 rings (SSSR count). The van der Waals surface area contributed by atoms with Crippen LogP contribution in [0.1, 0.15) is 22.8 Å². The largest absolute Gasteiger partial charge is 0.334 e. The minimum atomic E-state index is -0.875. The van der Waals surface area contributed by atoms with Crippen LogP contribution in [0.2, 0.25) is 0 Å². The molecule has 0 saturated heterocycles. The van der Waals surface area contributed by atoms with Gasteiger partial charge in [-0.2, -0.15) is 0 Å². The van der Waals surface area contributed by atoms with Crippen molar-refractivity contribution in [2.75, 3.05) is 6.54 Å². The molecule has 0 spiro atoms. The van der Waals surface area contributed by atoms with E-state index in [4.69, 9.17) is 0 Å². The Kier molecular flexibility index (Phi) is 5.01. The molecule has 1 aromatic carbocycles. The second-order valence-electron chi connectivity index (χ2n) is 4.42. The number of hydrogen-bond donors (Lipinski definition) is 0. The molecule has 6 heteroatoms. The molecule has 0 aliphatic carbocycles. The molecular weight excluding hydrogens is 342 g/mol. The van der Waals surface area contributed by atoms with E-state index in [1.54, 1.807) is 31.5 Å². The summed E-state index contributed by atoms with van der Waals surface area (Å²) in [6.07, 6.45) is 3.21. The normalized spacial score (nSPS) is 10.5. The van der Waals surface area contributed by atoms with E-state index in [9.17, 15) is 13.6 Å². The molecule has 1 aromatic heterocycles. The first kappa shape index (κ1) is 15.6. The summed E-state index contributed by atoms with van der Waals surface area (Å²) in [4.78, 5) is 17.6. The highest BCUT2D eigenvalue weighted by Crippen LogP contribution is 2.21. The Hall–Kier alpha value is -1.82. The summed E-state index contributed by atoms with van der Waals surface area (Å²) in [5.41, 5.74) is 0.312. The molecule has 3 nitrogen and oxygen atoms in total. The number of halogens is 3. The van der Waals surface area contributed by atoms with Crippen molar-refractivity contribution in [2.45, 2.75) is 13.5 Å². The zero-order valence-electron chi connectivity index (χ0n) is 11.3. The molecule has 0 aliphatic heterocycles. The third-order valence-corrected chi connectivity index (χ3v) is 3.47. The second kappa shape index (κ2) is 6.76. The Morgan fingerprint density at radius 2 is 1.81 bits per heavy atom. The maximum atomic E-state index is 13.9. The van der Waals surface area contributed by atoms with Gasteiger partial charge in [0.1, 0.15) is 17.2 Å². The fourth-order valence-corrected chi connectivity index (χ4v) is 2.34. The maximum absolute atomic E-state index is 13.9. The van der Waals surface area contributed by atoms with Crippen molar-refractivity contribution in [3.8, 4) is 0 Å². The van der Waals surface area contributed by atoms with E-state index in [2.05, 4.69) is 20.9 Å². The van der Waals surface area contributed by atoms with E-state index >= 15 is 0 Å². The maximum Gasteiger partial charge on any atom is 0.260 e. The number of amides is 1. The average molecular weight is 355 g/mol. The SMILES string of the molecule is CCN(Cc1ccncc1)C(=O)c1c(F)cc(Br)cc1F. The third-order valence-electron chi connectivity index (χ3n) is 3.01. The highest BCUT2D eigenvalue weighted by atomic mass is 79.9. The van der Waals surface area contributed by atoms with Crippen LogP contribution in [0.3, 0.4) is 0 Å². The molecule has 21 heavy (non-hydrogen) atoms. The average Bonchev–Trinajstić information content (AvgIpc) is 2.44.